The van der Waals surface area contributed by atoms with Gasteiger partial charge in [-0.2, -0.15) is 0 Å². The molecule has 0 saturated heterocycles. The molecule has 1 aromatic heterocycles. The van der Waals surface area contributed by atoms with E-state index in [0.717, 1.165) is 0 Å². The predicted molar refractivity (Wildman–Crippen MR) is 76.2 cm³/mol. The molecule has 2 aromatic rings. The average molecular weight is 321 g/mol. The average Bonchev–Trinajstić information content (AvgIpc) is 2.29. The van der Waals surface area contributed by atoms with E-state index in [1.807, 2.05) is 0 Å². The Hall–Kier alpha value is -1.10. The van der Waals surface area contributed by atoms with Crippen molar-refractivity contribution < 1.29 is 4.39 Å². The maximum atomic E-state index is 13.1. The Bertz CT molecular complexity index is 623. The summed E-state index contributed by atoms with van der Waals surface area (Å²) in [6.07, 6.45) is 0. The second-order valence-electron chi connectivity index (χ2n) is 3.90. The first-order valence-corrected chi connectivity index (χ1v) is 6.44. The highest BCUT2D eigenvalue weighted by atomic mass is 35.5. The summed E-state index contributed by atoms with van der Waals surface area (Å²) in [4.78, 5) is 8.24. The highest BCUT2D eigenvalue weighted by Crippen LogP contribution is 2.34. The van der Waals surface area contributed by atoms with Crippen molar-refractivity contribution in [1.29, 1.82) is 0 Å². The molecule has 0 unspecified atom stereocenters. The molecule has 0 aliphatic carbocycles. The number of anilines is 2. The molecule has 3 nitrogen and oxygen atoms in total. The number of hydrogen-bond donors (Lipinski definition) is 1. The van der Waals surface area contributed by atoms with Gasteiger partial charge in [-0.3, -0.25) is 0 Å². The van der Waals surface area contributed by atoms with E-state index >= 15 is 0 Å². The zero-order valence-corrected chi connectivity index (χ0v) is 12.3. The Kier molecular flexibility index (Phi) is 4.13. The molecule has 0 atom stereocenters. The molecule has 19 heavy (non-hydrogen) atoms. The minimum Gasteiger partial charge on any atom is -0.337 e. The molecule has 0 amide bonds. The van der Waals surface area contributed by atoms with Crippen LogP contribution < -0.4 is 5.32 Å². The summed E-state index contributed by atoms with van der Waals surface area (Å²) in [7, 11) is 0. The third kappa shape index (κ3) is 3.08. The number of rotatable bonds is 2. The molecule has 0 aliphatic rings. The zero-order chi connectivity index (χ0) is 14.2. The SMILES string of the molecule is Cc1nc(Cl)c(C)c(Nc2c(Cl)cc(F)cc2Cl)n1. The van der Waals surface area contributed by atoms with Crippen LogP contribution in [0.5, 0.6) is 0 Å². The zero-order valence-electron chi connectivity index (χ0n) is 10.1. The van der Waals surface area contributed by atoms with Crippen LogP contribution in [0.25, 0.3) is 0 Å². The lowest BCUT2D eigenvalue weighted by Crippen LogP contribution is -2.02. The number of halogens is 4. The number of nitrogens with one attached hydrogen (secondary N) is 1. The topological polar surface area (TPSA) is 37.8 Å². The second-order valence-corrected chi connectivity index (χ2v) is 5.08. The van der Waals surface area contributed by atoms with E-state index in [1.54, 1.807) is 13.8 Å². The van der Waals surface area contributed by atoms with Crippen molar-refractivity contribution in [2.24, 2.45) is 0 Å². The Morgan fingerprint density at radius 3 is 2.21 bits per heavy atom. The molecular weight excluding hydrogens is 312 g/mol. The molecule has 7 heteroatoms. The largest absolute Gasteiger partial charge is 0.337 e. The first kappa shape index (κ1) is 14.3. The first-order chi connectivity index (χ1) is 8.88. The van der Waals surface area contributed by atoms with E-state index in [9.17, 15) is 4.39 Å². The first-order valence-electron chi connectivity index (χ1n) is 5.31. The minimum atomic E-state index is -0.505. The number of benzene rings is 1. The van der Waals surface area contributed by atoms with Gasteiger partial charge in [-0.15, -0.1) is 0 Å². The van der Waals surface area contributed by atoms with Crippen LogP contribution in [0.3, 0.4) is 0 Å². The number of aromatic nitrogens is 2. The molecule has 0 aliphatic heterocycles. The number of hydrogen-bond acceptors (Lipinski definition) is 3. The summed E-state index contributed by atoms with van der Waals surface area (Å²) in [6, 6.07) is 2.33. The van der Waals surface area contributed by atoms with Crippen molar-refractivity contribution in [3.63, 3.8) is 0 Å². The van der Waals surface area contributed by atoms with E-state index in [4.69, 9.17) is 34.8 Å². The standard InChI is InChI=1S/C12H9Cl3FN3/c1-5-11(15)17-6(2)18-12(5)19-10-8(13)3-7(16)4-9(10)14/h3-4H,1-2H3,(H,17,18,19). The summed E-state index contributed by atoms with van der Waals surface area (Å²) in [5, 5.41) is 3.62. The monoisotopic (exact) mass is 319 g/mol. The fourth-order valence-electron chi connectivity index (χ4n) is 1.50. The second kappa shape index (κ2) is 5.49. The number of nitrogens with zero attached hydrogens (tertiary/aromatic N) is 2. The molecule has 2 rings (SSSR count). The molecule has 0 fully saturated rings. The van der Waals surface area contributed by atoms with Crippen molar-refractivity contribution >= 4 is 46.3 Å². The summed E-state index contributed by atoms with van der Waals surface area (Å²) in [6.45, 7) is 3.47. The van der Waals surface area contributed by atoms with Crippen LogP contribution in [0.2, 0.25) is 15.2 Å². The Balaban J connectivity index is 2.48. The van der Waals surface area contributed by atoms with E-state index in [0.29, 0.717) is 28.0 Å². The van der Waals surface area contributed by atoms with Gasteiger partial charge in [-0.25, -0.2) is 14.4 Å². The van der Waals surface area contributed by atoms with Crippen molar-refractivity contribution in [2.75, 3.05) is 5.32 Å². The quantitative estimate of drug-likeness (QED) is 0.797. The minimum absolute atomic E-state index is 0.164. The molecule has 1 N–H and O–H groups in total. The highest BCUT2D eigenvalue weighted by Gasteiger charge is 2.13. The lowest BCUT2D eigenvalue weighted by molar-refractivity contribution is 0.628. The van der Waals surface area contributed by atoms with Crippen LogP contribution in [0.1, 0.15) is 11.4 Å². The normalized spacial score (nSPS) is 10.6. The smallest absolute Gasteiger partial charge is 0.138 e. The van der Waals surface area contributed by atoms with Gasteiger partial charge in [-0.1, -0.05) is 34.8 Å². The van der Waals surface area contributed by atoms with Gasteiger partial charge in [0.2, 0.25) is 0 Å². The molecule has 100 valence electrons. The van der Waals surface area contributed by atoms with Crippen molar-refractivity contribution in [3.05, 3.63) is 44.5 Å². The van der Waals surface area contributed by atoms with Crippen LogP contribution >= 0.6 is 34.8 Å². The Morgan fingerprint density at radius 2 is 1.63 bits per heavy atom. The van der Waals surface area contributed by atoms with E-state index in [1.165, 1.54) is 12.1 Å². The Labute approximate surface area is 124 Å². The Morgan fingerprint density at radius 1 is 1.05 bits per heavy atom. The van der Waals surface area contributed by atoms with Gasteiger partial charge in [0.1, 0.15) is 22.6 Å². The van der Waals surface area contributed by atoms with Crippen LogP contribution in [0.15, 0.2) is 12.1 Å². The van der Waals surface area contributed by atoms with E-state index in [2.05, 4.69) is 15.3 Å². The fraction of sp³-hybridized carbons (Fsp3) is 0.167. The molecule has 0 radical (unpaired) electrons. The molecule has 0 saturated carbocycles. The lowest BCUT2D eigenvalue weighted by atomic mass is 10.2. The maximum absolute atomic E-state index is 13.1. The number of aryl methyl sites for hydroxylation is 1. The van der Waals surface area contributed by atoms with E-state index in [-0.39, 0.29) is 10.0 Å². The highest BCUT2D eigenvalue weighted by molar-refractivity contribution is 6.39. The van der Waals surface area contributed by atoms with E-state index < -0.39 is 5.82 Å². The van der Waals surface area contributed by atoms with Crippen LogP contribution in [0, 0.1) is 19.7 Å². The molecular formula is C12H9Cl3FN3. The van der Waals surface area contributed by atoms with Gasteiger partial charge < -0.3 is 5.32 Å². The molecule has 0 spiro atoms. The fourth-order valence-corrected chi connectivity index (χ4v) is 2.26. The summed E-state index contributed by atoms with van der Waals surface area (Å²) < 4.78 is 13.1. The summed E-state index contributed by atoms with van der Waals surface area (Å²) >= 11 is 17.9. The van der Waals surface area contributed by atoms with Crippen LogP contribution in [-0.2, 0) is 0 Å². The third-order valence-electron chi connectivity index (χ3n) is 2.45. The van der Waals surface area contributed by atoms with Gasteiger partial charge in [0.15, 0.2) is 0 Å². The maximum Gasteiger partial charge on any atom is 0.138 e. The van der Waals surface area contributed by atoms with Crippen molar-refractivity contribution in [3.8, 4) is 0 Å². The molecule has 0 bridgehead atoms. The third-order valence-corrected chi connectivity index (χ3v) is 3.41. The van der Waals surface area contributed by atoms with Gasteiger partial charge in [0.25, 0.3) is 0 Å². The van der Waals surface area contributed by atoms with Crippen LogP contribution in [-0.4, -0.2) is 9.97 Å². The summed E-state index contributed by atoms with van der Waals surface area (Å²) in [5.41, 5.74) is 1.03. The predicted octanol–water partition coefficient (Wildman–Crippen LogP) is 4.94. The van der Waals surface area contributed by atoms with Crippen LogP contribution in [0.4, 0.5) is 15.9 Å². The molecule has 1 heterocycles. The van der Waals surface area contributed by atoms with Gasteiger partial charge in [0.05, 0.1) is 15.7 Å². The van der Waals surface area contributed by atoms with Crippen molar-refractivity contribution in [2.45, 2.75) is 13.8 Å². The summed E-state index contributed by atoms with van der Waals surface area (Å²) in [5.74, 6) is 0.481. The lowest BCUT2D eigenvalue weighted by Gasteiger charge is -2.13. The molecule has 1 aromatic carbocycles. The van der Waals surface area contributed by atoms with Gasteiger partial charge >= 0.3 is 0 Å². The van der Waals surface area contributed by atoms with Gasteiger partial charge in [-0.05, 0) is 26.0 Å². The van der Waals surface area contributed by atoms with Crippen molar-refractivity contribution in [1.82, 2.24) is 9.97 Å². The van der Waals surface area contributed by atoms with Gasteiger partial charge in [0, 0.05) is 5.56 Å².